The monoisotopic (exact) mass is 519 g/mol. The first-order valence-electron chi connectivity index (χ1n) is 11.8. The lowest BCUT2D eigenvalue weighted by Crippen LogP contribution is -2.40. The van der Waals surface area contributed by atoms with Crippen LogP contribution in [0.15, 0.2) is 54.2 Å². The van der Waals surface area contributed by atoms with E-state index in [0.717, 1.165) is 34.3 Å². The third-order valence-corrected chi connectivity index (χ3v) is 7.53. The number of nitro groups is 1. The van der Waals surface area contributed by atoms with E-state index in [2.05, 4.69) is 20.4 Å². The molecule has 0 aliphatic carbocycles. The number of hydrazine groups is 1. The number of aromatic nitrogens is 3. The van der Waals surface area contributed by atoms with E-state index in [-0.39, 0.29) is 29.0 Å². The molecule has 1 aliphatic heterocycles. The van der Waals surface area contributed by atoms with Crippen LogP contribution in [0.2, 0.25) is 0 Å². The summed E-state index contributed by atoms with van der Waals surface area (Å²) < 4.78 is 0. The summed E-state index contributed by atoms with van der Waals surface area (Å²) in [5.74, 6) is -0.176. The minimum Gasteiger partial charge on any atom is -0.361 e. The van der Waals surface area contributed by atoms with Crippen molar-refractivity contribution in [1.29, 1.82) is 0 Å². The third-order valence-electron chi connectivity index (χ3n) is 6.52. The van der Waals surface area contributed by atoms with E-state index < -0.39 is 10.8 Å². The van der Waals surface area contributed by atoms with Crippen molar-refractivity contribution in [2.24, 2.45) is 0 Å². The molecule has 2 N–H and O–H groups in total. The molecule has 190 valence electrons. The number of pyridine rings is 1. The number of amides is 2. The highest BCUT2D eigenvalue weighted by molar-refractivity contribution is 7.09. The van der Waals surface area contributed by atoms with Gasteiger partial charge in [0.15, 0.2) is 0 Å². The SMILES string of the molecule is CN(NC(=O)c1csc(C2CCN(C(=O)Cc3c[nH]c4ccccc34)CC2)n1)c1ncccc1[N+](=O)[O-]. The van der Waals surface area contributed by atoms with Crippen molar-refractivity contribution in [3.05, 3.63) is 80.6 Å². The lowest BCUT2D eigenvalue weighted by Gasteiger charge is -2.31. The van der Waals surface area contributed by atoms with Gasteiger partial charge in [0.2, 0.25) is 11.7 Å². The van der Waals surface area contributed by atoms with Gasteiger partial charge in [-0.15, -0.1) is 11.3 Å². The molecule has 1 aliphatic rings. The number of anilines is 1. The van der Waals surface area contributed by atoms with Gasteiger partial charge in [-0.05, 0) is 30.5 Å². The predicted molar refractivity (Wildman–Crippen MR) is 139 cm³/mol. The van der Waals surface area contributed by atoms with Gasteiger partial charge in [0.1, 0.15) is 5.69 Å². The molecule has 3 aromatic heterocycles. The molecule has 12 heteroatoms. The summed E-state index contributed by atoms with van der Waals surface area (Å²) in [4.78, 5) is 50.0. The molecule has 0 saturated carbocycles. The molecule has 0 atom stereocenters. The Morgan fingerprint density at radius 2 is 2.03 bits per heavy atom. The van der Waals surface area contributed by atoms with Crippen LogP contribution in [0.4, 0.5) is 11.5 Å². The van der Waals surface area contributed by atoms with E-state index in [4.69, 9.17) is 0 Å². The van der Waals surface area contributed by atoms with Crippen LogP contribution in [0.5, 0.6) is 0 Å². The van der Waals surface area contributed by atoms with Gasteiger partial charge in [-0.3, -0.25) is 30.1 Å². The number of para-hydroxylation sites is 1. The average Bonchev–Trinajstić information content (AvgIpc) is 3.57. The number of carbonyl (C=O) groups is 2. The minimum atomic E-state index is -0.552. The Hall–Kier alpha value is -4.32. The lowest BCUT2D eigenvalue weighted by molar-refractivity contribution is -0.384. The first-order chi connectivity index (χ1) is 17.9. The van der Waals surface area contributed by atoms with Crippen molar-refractivity contribution in [3.8, 4) is 0 Å². The number of carbonyl (C=O) groups excluding carboxylic acids is 2. The molecule has 2 amide bonds. The molecular formula is C25H25N7O4S. The van der Waals surface area contributed by atoms with Crippen LogP contribution in [0.25, 0.3) is 10.9 Å². The molecule has 0 radical (unpaired) electrons. The number of fused-ring (bicyclic) bond motifs is 1. The van der Waals surface area contributed by atoms with Gasteiger partial charge >= 0.3 is 5.69 Å². The zero-order chi connectivity index (χ0) is 25.9. The molecule has 1 saturated heterocycles. The first kappa shape index (κ1) is 24.4. The summed E-state index contributed by atoms with van der Waals surface area (Å²) in [7, 11) is 1.49. The number of nitrogens with one attached hydrogen (secondary N) is 2. The maximum atomic E-state index is 12.9. The molecule has 0 unspecified atom stereocenters. The Labute approximate surface area is 216 Å². The van der Waals surface area contributed by atoms with Gasteiger partial charge in [0.05, 0.1) is 16.4 Å². The minimum absolute atomic E-state index is 0.0287. The number of thiazole rings is 1. The van der Waals surface area contributed by atoms with Gasteiger partial charge in [0.25, 0.3) is 5.91 Å². The number of nitrogens with zero attached hydrogens (tertiary/aromatic N) is 5. The highest BCUT2D eigenvalue weighted by Gasteiger charge is 2.27. The zero-order valence-electron chi connectivity index (χ0n) is 20.1. The van der Waals surface area contributed by atoms with E-state index in [0.29, 0.717) is 19.5 Å². The number of benzene rings is 1. The maximum Gasteiger partial charge on any atom is 0.313 e. The number of H-pyrrole nitrogens is 1. The Morgan fingerprint density at radius 3 is 2.81 bits per heavy atom. The van der Waals surface area contributed by atoms with E-state index in [1.54, 1.807) is 5.38 Å². The number of rotatable bonds is 7. The predicted octanol–water partition coefficient (Wildman–Crippen LogP) is 3.66. The summed E-state index contributed by atoms with van der Waals surface area (Å²) in [5, 5.41) is 16.1. The van der Waals surface area contributed by atoms with Crippen molar-refractivity contribution in [2.45, 2.75) is 25.2 Å². The van der Waals surface area contributed by atoms with E-state index in [1.807, 2.05) is 35.4 Å². The average molecular weight is 520 g/mol. The topological polar surface area (TPSA) is 137 Å². The summed E-state index contributed by atoms with van der Waals surface area (Å²) in [5.41, 5.74) is 4.65. The summed E-state index contributed by atoms with van der Waals surface area (Å²) in [6.45, 7) is 1.28. The molecule has 4 aromatic rings. The molecule has 1 fully saturated rings. The molecule has 0 bridgehead atoms. The van der Waals surface area contributed by atoms with Crippen LogP contribution >= 0.6 is 11.3 Å². The number of piperidine rings is 1. The fourth-order valence-electron chi connectivity index (χ4n) is 4.56. The Balaban J connectivity index is 1.17. The largest absolute Gasteiger partial charge is 0.361 e. The molecule has 0 spiro atoms. The van der Waals surface area contributed by atoms with Gasteiger partial charge in [-0.2, -0.15) is 0 Å². The lowest BCUT2D eigenvalue weighted by atomic mass is 9.97. The van der Waals surface area contributed by atoms with E-state index in [1.165, 1.54) is 41.7 Å². The first-order valence-corrected chi connectivity index (χ1v) is 12.7. The number of aromatic amines is 1. The summed E-state index contributed by atoms with van der Waals surface area (Å²) in [6, 6.07) is 10.7. The normalized spacial score (nSPS) is 14.0. The number of hydrogen-bond acceptors (Lipinski definition) is 8. The van der Waals surface area contributed by atoms with Crippen LogP contribution in [-0.2, 0) is 11.2 Å². The number of likely N-dealkylation sites (tertiary alicyclic amines) is 1. The van der Waals surface area contributed by atoms with Crippen molar-refractivity contribution in [3.63, 3.8) is 0 Å². The third kappa shape index (κ3) is 5.14. The van der Waals surface area contributed by atoms with Crippen LogP contribution in [0.1, 0.15) is 39.8 Å². The smallest absolute Gasteiger partial charge is 0.313 e. The van der Waals surface area contributed by atoms with Crippen LogP contribution in [-0.4, -0.2) is 56.7 Å². The van der Waals surface area contributed by atoms with Gasteiger partial charge < -0.3 is 9.88 Å². The summed E-state index contributed by atoms with van der Waals surface area (Å²) >= 11 is 1.41. The Morgan fingerprint density at radius 1 is 1.24 bits per heavy atom. The highest BCUT2D eigenvalue weighted by atomic mass is 32.1. The highest BCUT2D eigenvalue weighted by Crippen LogP contribution is 2.31. The zero-order valence-corrected chi connectivity index (χ0v) is 20.9. The molecule has 37 heavy (non-hydrogen) atoms. The van der Waals surface area contributed by atoms with Gasteiger partial charge in [0, 0.05) is 60.8 Å². The second kappa shape index (κ2) is 10.3. The molecule has 4 heterocycles. The summed E-state index contributed by atoms with van der Waals surface area (Å²) in [6.07, 6.45) is 5.23. The standard InChI is InChI=1S/C25H25N7O4S/c1-30(23-21(32(35)36)7-4-10-26-23)29-24(34)20-15-37-25(28-20)16-8-11-31(12-9-16)22(33)13-17-14-27-19-6-3-2-5-18(17)19/h2-7,10,14-16,27H,8-9,11-13H2,1H3,(H,29,34). The molecule has 11 nitrogen and oxygen atoms in total. The van der Waals surface area contributed by atoms with E-state index in [9.17, 15) is 19.7 Å². The second-order valence-corrected chi connectivity index (χ2v) is 9.76. The van der Waals surface area contributed by atoms with Crippen molar-refractivity contribution < 1.29 is 14.5 Å². The fourth-order valence-corrected chi connectivity index (χ4v) is 5.53. The molecular weight excluding hydrogens is 494 g/mol. The van der Waals surface area contributed by atoms with Crippen molar-refractivity contribution >= 4 is 45.6 Å². The Kier molecular flexibility index (Phi) is 6.82. The van der Waals surface area contributed by atoms with E-state index >= 15 is 0 Å². The quantitative estimate of drug-likeness (QED) is 0.281. The molecule has 5 rings (SSSR count). The number of hydrogen-bond donors (Lipinski definition) is 2. The van der Waals surface area contributed by atoms with Crippen molar-refractivity contribution in [1.82, 2.24) is 25.3 Å². The maximum absolute atomic E-state index is 12.9. The van der Waals surface area contributed by atoms with Crippen LogP contribution in [0, 0.1) is 10.1 Å². The van der Waals surface area contributed by atoms with Crippen LogP contribution in [0.3, 0.4) is 0 Å². The van der Waals surface area contributed by atoms with Gasteiger partial charge in [-0.1, -0.05) is 18.2 Å². The van der Waals surface area contributed by atoms with Crippen LogP contribution < -0.4 is 10.4 Å². The fraction of sp³-hybridized carbons (Fsp3) is 0.280. The van der Waals surface area contributed by atoms with Gasteiger partial charge in [-0.25, -0.2) is 9.97 Å². The molecule has 1 aromatic carbocycles. The second-order valence-electron chi connectivity index (χ2n) is 8.87. The Bertz CT molecular complexity index is 1460. The van der Waals surface area contributed by atoms with Crippen molar-refractivity contribution in [2.75, 3.05) is 25.1 Å².